The van der Waals surface area contributed by atoms with Crippen LogP contribution in [0.2, 0.25) is 0 Å². The van der Waals surface area contributed by atoms with Crippen molar-refractivity contribution >= 4 is 64.2 Å². The average molecular weight is 1970 g/mol. The van der Waals surface area contributed by atoms with Crippen molar-refractivity contribution in [2.75, 3.05) is 0 Å². The number of sulfonamides is 4. The van der Waals surface area contributed by atoms with Gasteiger partial charge in [-0.3, -0.25) is 20.0 Å². The van der Waals surface area contributed by atoms with Gasteiger partial charge in [-0.25, -0.2) is 17.2 Å². The van der Waals surface area contributed by atoms with Crippen LogP contribution in [0.4, 0.5) is 52.7 Å². The minimum atomic E-state index is -5.87. The molecule has 0 bridgehead atoms. The normalized spacial score (nSPS) is 17.7. The topological polar surface area (TPSA) is 458 Å². The zero-order chi connectivity index (χ0) is 91.9. The molecule has 4 aliphatic heterocycles. The summed E-state index contributed by atoms with van der Waals surface area (Å²) in [6.07, 6.45) is 0. The molecule has 0 N–H and O–H groups in total. The Morgan fingerprint density at radius 2 is 0.341 bits per heavy atom. The first-order valence-corrected chi connectivity index (χ1v) is 39.6. The predicted octanol–water partition coefficient (Wildman–Crippen LogP) is 13.1. The summed E-state index contributed by atoms with van der Waals surface area (Å²) < 4.78 is 252. The van der Waals surface area contributed by atoms with E-state index in [-0.39, 0.29) is 78.4 Å². The molecule has 4 heterocycles. The fourth-order valence-corrected chi connectivity index (χ4v) is 15.0. The van der Waals surface area contributed by atoms with E-state index >= 15 is 0 Å². The molecule has 0 saturated heterocycles. The van der Waals surface area contributed by atoms with Crippen LogP contribution in [0, 0.1) is 79.3 Å². The first-order valence-electron chi connectivity index (χ1n) is 33.8. The molecule has 8 atom stereocenters. The molecule has 0 aromatic heterocycles. The van der Waals surface area contributed by atoms with Gasteiger partial charge in [0.05, 0.1) is 90.7 Å². The Kier molecular flexibility index (Phi) is 46.1. The van der Waals surface area contributed by atoms with Crippen molar-refractivity contribution in [1.82, 2.24) is 17.2 Å². The fraction of sp³-hybridized carbons (Fsp3) is 0.244. The van der Waals surface area contributed by atoms with Crippen molar-refractivity contribution in [3.05, 3.63) is 287 Å². The number of alkyl halides is 12. The minimum Gasteiger partial charge on any atom is -0.846 e. The predicted molar refractivity (Wildman–Crippen MR) is 409 cm³/mol. The SMILES string of the molecule is CC#N.CC#N.CC#N.CC#N.CC#N.CC#N.CC#N.O=S(=O)(N1C([O-])=N[C@H](c2ccccc2)[C@H]1c1ccccc1)C(F)(F)F.O=S(=O)(N1C([O-])=N[C@H](c2ccccc2)[C@H]1c1ccccc1)C(F)(F)F.O=S(=O)(N1C([O-])=N[C@H](c2ccccc2)[C@H]1c1ccccc1)C(F)(F)F.O=S(=O)(N1C([O-])=N[C@H](c2ccccc2)[C@H]1c1ccccc1)C(F)(F)F.[Rh+2].[Rh+2]. The first-order chi connectivity index (χ1) is 56.8. The van der Waals surface area contributed by atoms with Crippen LogP contribution in [-0.4, -0.2) is 97.0 Å². The Balaban J connectivity index is 0.00000149. The van der Waals surface area contributed by atoms with Gasteiger partial charge in [-0.2, -0.15) is 123 Å². The molecule has 2 radical (unpaired) electrons. The van der Waals surface area contributed by atoms with Crippen molar-refractivity contribution in [3.63, 3.8) is 0 Å². The molecule has 0 aliphatic carbocycles. The molecular formula is C78H69F12N15O12Rh2S4. The van der Waals surface area contributed by atoms with Gasteiger partial charge in [-0.05, 0) is 44.5 Å². The smallest absolute Gasteiger partial charge is 0.846 e. The number of rotatable bonds is 12. The average Bonchev–Trinajstić information content (AvgIpc) is 1.63. The van der Waals surface area contributed by atoms with Crippen molar-refractivity contribution in [1.29, 1.82) is 36.8 Å². The number of halogens is 12. The minimum absolute atomic E-state index is 0. The van der Waals surface area contributed by atoms with Crippen LogP contribution in [0.5, 0.6) is 0 Å². The summed E-state index contributed by atoms with van der Waals surface area (Å²) in [5.74, 6) is 0. The molecule has 0 spiro atoms. The maximum Gasteiger partial charge on any atom is 2.00 e. The second-order valence-electron chi connectivity index (χ2n) is 23.0. The Bertz CT molecular complexity index is 4820. The summed E-state index contributed by atoms with van der Waals surface area (Å²) in [6.45, 7) is 10.0. The Hall–Kier alpha value is -12.5. The van der Waals surface area contributed by atoms with Crippen LogP contribution >= 0.6 is 0 Å². The Morgan fingerprint density at radius 3 is 0.439 bits per heavy atom. The van der Waals surface area contributed by atoms with Crippen molar-refractivity contribution in [2.24, 2.45) is 20.0 Å². The monoisotopic (exact) mass is 1970 g/mol. The van der Waals surface area contributed by atoms with E-state index in [1.54, 1.807) is 237 Å². The van der Waals surface area contributed by atoms with Gasteiger partial charge in [-0.15, -0.1) is 0 Å². The third kappa shape index (κ3) is 29.4. The number of hydrogen-bond donors (Lipinski definition) is 0. The molecule has 4 aliphatic rings. The largest absolute Gasteiger partial charge is 2.00 e. The molecule has 8 aromatic rings. The number of aliphatic imine (C=N–C) groups is 4. The first kappa shape index (κ1) is 110. The van der Waals surface area contributed by atoms with Crippen LogP contribution in [-0.2, 0) is 79.0 Å². The summed E-state index contributed by atoms with van der Waals surface area (Å²) in [5, 5.41) is 99.7. The number of nitriles is 7. The molecular weight excluding hydrogens is 1900 g/mol. The number of amidine groups is 4. The number of nitrogens with zero attached hydrogens (tertiary/aromatic N) is 15. The van der Waals surface area contributed by atoms with Crippen molar-refractivity contribution in [2.45, 2.75) is 119 Å². The molecule has 8 aromatic carbocycles. The molecule has 27 nitrogen and oxygen atoms in total. The van der Waals surface area contributed by atoms with Crippen LogP contribution in [0.25, 0.3) is 0 Å². The Morgan fingerprint density at radius 1 is 0.244 bits per heavy atom. The van der Waals surface area contributed by atoms with Gasteiger partial charge in [0.15, 0.2) is 0 Å². The zero-order valence-electron chi connectivity index (χ0n) is 64.7. The van der Waals surface area contributed by atoms with Gasteiger partial charge in [0.2, 0.25) is 0 Å². The zero-order valence-corrected chi connectivity index (χ0v) is 71.2. The molecule has 0 saturated carbocycles. The van der Waals surface area contributed by atoms with E-state index in [0.29, 0.717) is 22.3 Å². The van der Waals surface area contributed by atoms with Gasteiger partial charge in [0.1, 0.15) is 24.2 Å². The molecule has 0 fully saturated rings. The summed E-state index contributed by atoms with van der Waals surface area (Å²) >= 11 is 0. The molecule has 12 rings (SSSR count). The Labute approximate surface area is 727 Å². The summed E-state index contributed by atoms with van der Waals surface area (Å²) in [4.78, 5) is 14.7. The van der Waals surface area contributed by atoms with E-state index in [4.69, 9.17) is 36.8 Å². The van der Waals surface area contributed by atoms with Crippen LogP contribution < -0.4 is 20.4 Å². The summed E-state index contributed by atoms with van der Waals surface area (Å²) in [5.41, 5.74) is -19.6. The molecule has 0 unspecified atom stereocenters. The standard InChI is InChI=1S/4C16H13F3N2O3S.7C2H3N.2Rh/c4*17-16(18,19)25(23,24)21-14(12-9-5-2-6-10-12)13(20-15(21)22)11-7-3-1-4-8-11;7*1-2-3;;/h4*1-10,13-14H,(H,20,22);7*1H3;;/q;;;;;;;;;;;2*+2/p-4/t4*13-,14-;;;;;;;;;/m1111........./s1. The van der Waals surface area contributed by atoms with E-state index < -0.39 is 135 Å². The van der Waals surface area contributed by atoms with Gasteiger partial charge >= 0.3 is 101 Å². The van der Waals surface area contributed by atoms with Crippen LogP contribution in [0.1, 0.15) is 141 Å². The van der Waals surface area contributed by atoms with E-state index in [1.165, 1.54) is 97.0 Å². The van der Waals surface area contributed by atoms with E-state index in [1.807, 2.05) is 0 Å². The van der Waals surface area contributed by atoms with Gasteiger partial charge in [0, 0.05) is 48.5 Å². The van der Waals surface area contributed by atoms with Crippen LogP contribution in [0.15, 0.2) is 263 Å². The second kappa shape index (κ2) is 51.3. The van der Waals surface area contributed by atoms with Crippen LogP contribution in [0.3, 0.4) is 0 Å². The van der Waals surface area contributed by atoms with Crippen molar-refractivity contribution < 1.29 is 146 Å². The summed E-state index contributed by atoms with van der Waals surface area (Å²) in [6, 6.07) is 59.9. The fourth-order valence-electron chi connectivity index (χ4n) is 10.9. The molecule has 45 heteroatoms. The molecule has 654 valence electrons. The molecule has 0 amide bonds. The number of hydrogen-bond acceptors (Lipinski definition) is 23. The summed E-state index contributed by atoms with van der Waals surface area (Å²) in [7, 11) is -23.5. The maximum atomic E-state index is 13.1. The third-order valence-electron chi connectivity index (χ3n) is 15.3. The van der Waals surface area contributed by atoms with Gasteiger partial charge < -0.3 is 20.4 Å². The van der Waals surface area contributed by atoms with Gasteiger partial charge in [-0.1, -0.05) is 243 Å². The second-order valence-corrected chi connectivity index (χ2v) is 30.3. The van der Waals surface area contributed by atoms with Crippen molar-refractivity contribution in [3.8, 4) is 42.5 Å². The third-order valence-corrected chi connectivity index (χ3v) is 21.2. The maximum absolute atomic E-state index is 13.1. The van der Waals surface area contributed by atoms with E-state index in [9.17, 15) is 107 Å². The van der Waals surface area contributed by atoms with Gasteiger partial charge in [0.25, 0.3) is 0 Å². The molecule has 123 heavy (non-hydrogen) atoms. The van der Waals surface area contributed by atoms with E-state index in [2.05, 4.69) is 20.0 Å². The quantitative estimate of drug-likeness (QED) is 0.0809. The number of benzene rings is 8. The van der Waals surface area contributed by atoms with E-state index in [0.717, 1.165) is 0 Å².